The zero-order valence-electron chi connectivity index (χ0n) is 13.1. The summed E-state index contributed by atoms with van der Waals surface area (Å²) in [5.41, 5.74) is 2.31. The monoisotopic (exact) mass is 317 g/mol. The number of rotatable bonds is 3. The molecule has 0 radical (unpaired) electrons. The zero-order chi connectivity index (χ0) is 16.5. The Morgan fingerprint density at radius 2 is 1.92 bits per heavy atom. The molecule has 2 aromatic heterocycles. The number of benzene rings is 2. The molecular formula is C19H15N3O2. The lowest BCUT2D eigenvalue weighted by molar-refractivity contribution is 0.415. The molecule has 2 heterocycles. The van der Waals surface area contributed by atoms with E-state index in [2.05, 4.69) is 9.97 Å². The molecule has 5 nitrogen and oxygen atoms in total. The van der Waals surface area contributed by atoms with E-state index < -0.39 is 0 Å². The molecule has 0 saturated heterocycles. The third-order valence-electron chi connectivity index (χ3n) is 4.01. The minimum atomic E-state index is -0.272. The average Bonchev–Trinajstić information content (AvgIpc) is 2.63. The number of pyridine rings is 1. The van der Waals surface area contributed by atoms with E-state index in [1.54, 1.807) is 13.4 Å². The van der Waals surface area contributed by atoms with Crippen molar-refractivity contribution >= 4 is 21.9 Å². The Bertz CT molecular complexity index is 1090. The molecule has 0 saturated carbocycles. The Hall–Kier alpha value is -3.21. The van der Waals surface area contributed by atoms with Crippen molar-refractivity contribution in [2.45, 2.75) is 6.54 Å². The van der Waals surface area contributed by atoms with Gasteiger partial charge in [0.15, 0.2) is 0 Å². The third kappa shape index (κ3) is 2.50. The van der Waals surface area contributed by atoms with Crippen LogP contribution in [0.2, 0.25) is 0 Å². The van der Waals surface area contributed by atoms with Crippen LogP contribution >= 0.6 is 0 Å². The van der Waals surface area contributed by atoms with Crippen LogP contribution < -0.4 is 10.3 Å². The molecule has 4 rings (SSSR count). The summed E-state index contributed by atoms with van der Waals surface area (Å²) in [5.74, 6) is 0.733. The van der Waals surface area contributed by atoms with Crippen LogP contribution in [0.5, 0.6) is 5.75 Å². The van der Waals surface area contributed by atoms with Gasteiger partial charge >= 0.3 is 0 Å². The van der Waals surface area contributed by atoms with Gasteiger partial charge in [0.2, 0.25) is 0 Å². The molecule has 0 aliphatic carbocycles. The minimum absolute atomic E-state index is 0.272. The van der Waals surface area contributed by atoms with E-state index in [9.17, 15) is 4.79 Å². The van der Waals surface area contributed by atoms with E-state index >= 15 is 0 Å². The molecule has 0 bridgehead atoms. The smallest absolute Gasteiger partial charge is 0.282 e. The first-order valence-corrected chi connectivity index (χ1v) is 7.62. The Morgan fingerprint density at radius 3 is 2.71 bits per heavy atom. The van der Waals surface area contributed by atoms with Crippen molar-refractivity contribution in [2.24, 2.45) is 0 Å². The van der Waals surface area contributed by atoms with Gasteiger partial charge in [-0.05, 0) is 29.8 Å². The van der Waals surface area contributed by atoms with Crippen molar-refractivity contribution in [3.05, 3.63) is 76.8 Å². The van der Waals surface area contributed by atoms with Crippen LogP contribution in [-0.4, -0.2) is 21.6 Å². The predicted molar refractivity (Wildman–Crippen MR) is 93.4 cm³/mol. The van der Waals surface area contributed by atoms with Crippen LogP contribution in [0.25, 0.3) is 21.9 Å². The van der Waals surface area contributed by atoms with Gasteiger partial charge in [0.25, 0.3) is 5.56 Å². The highest BCUT2D eigenvalue weighted by Gasteiger charge is 2.09. The first kappa shape index (κ1) is 14.4. The highest BCUT2D eigenvalue weighted by Crippen LogP contribution is 2.22. The lowest BCUT2D eigenvalue weighted by Gasteiger charge is -2.10. The summed E-state index contributed by atoms with van der Waals surface area (Å²) in [5, 5.41) is 1.37. The molecule has 0 fully saturated rings. The van der Waals surface area contributed by atoms with E-state index in [1.165, 1.54) is 0 Å². The van der Waals surface area contributed by atoms with Crippen LogP contribution in [0.15, 0.2) is 65.7 Å². The molecule has 0 atom stereocenters. The van der Waals surface area contributed by atoms with Crippen molar-refractivity contribution in [1.82, 2.24) is 14.5 Å². The van der Waals surface area contributed by atoms with Crippen molar-refractivity contribution in [3.63, 3.8) is 0 Å². The number of nitrogens with zero attached hydrogens (tertiary/aromatic N) is 3. The van der Waals surface area contributed by atoms with E-state index in [4.69, 9.17) is 4.74 Å². The second-order valence-corrected chi connectivity index (χ2v) is 5.58. The normalized spacial score (nSPS) is 11.0. The van der Waals surface area contributed by atoms with Crippen molar-refractivity contribution in [1.29, 1.82) is 0 Å². The molecule has 24 heavy (non-hydrogen) atoms. The van der Waals surface area contributed by atoms with Gasteiger partial charge in [-0.3, -0.25) is 4.79 Å². The van der Waals surface area contributed by atoms with Crippen LogP contribution in [0.3, 0.4) is 0 Å². The molecule has 2 aromatic carbocycles. The predicted octanol–water partition coefficient (Wildman–Crippen LogP) is 3.00. The highest BCUT2D eigenvalue weighted by atomic mass is 16.5. The minimum Gasteiger partial charge on any atom is -0.497 e. The van der Waals surface area contributed by atoms with Crippen LogP contribution in [0.1, 0.15) is 5.56 Å². The van der Waals surface area contributed by atoms with Gasteiger partial charge in [-0.25, -0.2) is 4.98 Å². The summed E-state index contributed by atoms with van der Waals surface area (Å²) in [6.45, 7) is 0.610. The maximum Gasteiger partial charge on any atom is 0.282 e. The SMILES string of the molecule is COc1ccc2nc3c(cc2c1)c(=O)ncn3Cc1ccccc1. The Balaban J connectivity index is 1.94. The van der Waals surface area contributed by atoms with Gasteiger partial charge in [-0.1, -0.05) is 30.3 Å². The van der Waals surface area contributed by atoms with E-state index in [-0.39, 0.29) is 5.56 Å². The summed E-state index contributed by atoms with van der Waals surface area (Å²) < 4.78 is 7.14. The van der Waals surface area contributed by atoms with Crippen LogP contribution in [0, 0.1) is 0 Å². The van der Waals surface area contributed by atoms with Crippen LogP contribution in [-0.2, 0) is 6.54 Å². The van der Waals surface area contributed by atoms with Crippen molar-refractivity contribution in [2.75, 3.05) is 7.11 Å². The van der Waals surface area contributed by atoms with Gasteiger partial charge in [-0.15, -0.1) is 0 Å². The summed E-state index contributed by atoms with van der Waals surface area (Å²) in [6.07, 6.45) is 1.56. The first-order chi connectivity index (χ1) is 11.7. The second kappa shape index (κ2) is 5.77. The molecule has 118 valence electrons. The average molecular weight is 317 g/mol. The Morgan fingerprint density at radius 1 is 1.08 bits per heavy atom. The largest absolute Gasteiger partial charge is 0.497 e. The van der Waals surface area contributed by atoms with E-state index in [1.807, 2.05) is 59.2 Å². The zero-order valence-corrected chi connectivity index (χ0v) is 13.1. The summed E-state index contributed by atoms with van der Waals surface area (Å²) in [4.78, 5) is 20.9. The molecule has 0 amide bonds. The lowest BCUT2D eigenvalue weighted by atomic mass is 10.1. The van der Waals surface area contributed by atoms with Gasteiger partial charge in [0.1, 0.15) is 17.7 Å². The van der Waals surface area contributed by atoms with Crippen molar-refractivity contribution in [3.8, 4) is 5.75 Å². The van der Waals surface area contributed by atoms with Gasteiger partial charge in [0.05, 0.1) is 24.6 Å². The number of methoxy groups -OCH3 is 1. The Labute approximate surface area is 138 Å². The molecule has 0 spiro atoms. The number of fused-ring (bicyclic) bond motifs is 2. The molecular weight excluding hydrogens is 302 g/mol. The molecule has 0 aliphatic rings. The van der Waals surface area contributed by atoms with E-state index in [0.29, 0.717) is 17.6 Å². The first-order valence-electron chi connectivity index (χ1n) is 7.62. The fourth-order valence-electron chi connectivity index (χ4n) is 2.79. The van der Waals surface area contributed by atoms with Gasteiger partial charge < -0.3 is 9.30 Å². The highest BCUT2D eigenvalue weighted by molar-refractivity contribution is 5.91. The number of hydrogen-bond donors (Lipinski definition) is 0. The standard InChI is InChI=1S/C19H15N3O2/c1-24-15-7-8-17-14(9-15)10-16-18(21-17)22(12-20-19(16)23)11-13-5-3-2-4-6-13/h2-10,12H,11H2,1H3. The summed E-state index contributed by atoms with van der Waals surface area (Å²) >= 11 is 0. The fourth-order valence-corrected chi connectivity index (χ4v) is 2.79. The number of ether oxygens (including phenoxy) is 1. The van der Waals surface area contributed by atoms with Gasteiger partial charge in [0, 0.05) is 5.39 Å². The molecule has 0 N–H and O–H groups in total. The van der Waals surface area contributed by atoms with Crippen LogP contribution in [0.4, 0.5) is 0 Å². The number of aromatic nitrogens is 3. The second-order valence-electron chi connectivity index (χ2n) is 5.58. The maximum absolute atomic E-state index is 12.2. The third-order valence-corrected chi connectivity index (χ3v) is 4.01. The lowest BCUT2D eigenvalue weighted by Crippen LogP contribution is -2.14. The van der Waals surface area contributed by atoms with Crippen molar-refractivity contribution < 1.29 is 4.74 Å². The van der Waals surface area contributed by atoms with E-state index in [0.717, 1.165) is 22.2 Å². The Kier molecular flexibility index (Phi) is 3.46. The number of hydrogen-bond acceptors (Lipinski definition) is 4. The summed E-state index contributed by atoms with van der Waals surface area (Å²) in [6, 6.07) is 17.5. The molecule has 0 aliphatic heterocycles. The molecule has 0 unspecified atom stereocenters. The molecule has 4 aromatic rings. The molecule has 5 heteroatoms. The topological polar surface area (TPSA) is 57.0 Å². The fraction of sp³-hybridized carbons (Fsp3) is 0.105. The van der Waals surface area contributed by atoms with Gasteiger partial charge in [-0.2, -0.15) is 4.98 Å². The summed E-state index contributed by atoms with van der Waals surface area (Å²) in [7, 11) is 1.62. The quantitative estimate of drug-likeness (QED) is 0.545. The maximum atomic E-state index is 12.2.